The van der Waals surface area contributed by atoms with Gasteiger partial charge in [-0.1, -0.05) is 11.6 Å². The van der Waals surface area contributed by atoms with Gasteiger partial charge in [0.05, 0.1) is 22.6 Å². The Morgan fingerprint density at radius 1 is 1.00 bits per heavy atom. The van der Waals surface area contributed by atoms with E-state index in [-0.39, 0.29) is 34.1 Å². The van der Waals surface area contributed by atoms with Crippen LogP contribution in [-0.2, 0) is 18.4 Å². The molecule has 14 heteroatoms. The SMILES string of the molecule is OC12CC3(CCCN(C3)c3nc(OCC45CCCN4CCC5)nc4c(F)c(ncc34)-c3c(c(Cl)cc4[nH]ncc34)CCCc3nnc1o3)C2. The Morgan fingerprint density at radius 3 is 2.69 bits per heavy atom. The molecule has 3 saturated heterocycles. The van der Waals surface area contributed by atoms with Gasteiger partial charge in [-0.2, -0.15) is 15.1 Å². The van der Waals surface area contributed by atoms with Crippen molar-refractivity contribution in [1.29, 1.82) is 0 Å². The Balaban J connectivity index is 1.15. The standard InChI is InChI=1S/C35H37ClFN9O3/c36-23-13-24-21(15-39-42-24)26-20(23)5-1-6-25-43-44-31(49-25)35(47)16-33(17-35)7-2-10-45(18-33)30-22-14-38-29(26)27(37)28(22)40-32(41-30)48-19-34-8-3-11-46(34)12-4-9-34/h13-15,47H,1-12,16-19H2,(H,39,42). The second-order valence-corrected chi connectivity index (χ2v) is 15.4. The molecule has 12 rings (SSSR count). The minimum Gasteiger partial charge on any atom is -0.461 e. The number of piperidine rings is 1. The number of rotatable bonds is 3. The first-order chi connectivity index (χ1) is 23.8. The Hall–Kier alpha value is -3.94. The van der Waals surface area contributed by atoms with E-state index in [1.54, 1.807) is 12.4 Å². The van der Waals surface area contributed by atoms with Crippen molar-refractivity contribution in [2.75, 3.05) is 37.7 Å². The largest absolute Gasteiger partial charge is 0.461 e. The lowest BCUT2D eigenvalue weighted by Crippen LogP contribution is -2.57. The van der Waals surface area contributed by atoms with Crippen molar-refractivity contribution < 1.29 is 18.7 Å². The summed E-state index contributed by atoms with van der Waals surface area (Å²) in [7, 11) is 0. The van der Waals surface area contributed by atoms with Crippen molar-refractivity contribution >= 4 is 39.2 Å². The first-order valence-electron chi connectivity index (χ1n) is 17.5. The zero-order chi connectivity index (χ0) is 33.0. The van der Waals surface area contributed by atoms with Crippen LogP contribution in [-0.4, -0.2) is 83.7 Å². The highest BCUT2D eigenvalue weighted by Gasteiger charge is 2.59. The van der Waals surface area contributed by atoms with Crippen LogP contribution in [0.2, 0.25) is 5.02 Å². The van der Waals surface area contributed by atoms with E-state index in [2.05, 4.69) is 30.2 Å². The van der Waals surface area contributed by atoms with E-state index in [9.17, 15) is 5.11 Å². The Labute approximate surface area is 286 Å². The number of hydrogen-bond acceptors (Lipinski definition) is 11. The predicted molar refractivity (Wildman–Crippen MR) is 179 cm³/mol. The molecule has 1 aromatic carbocycles. The monoisotopic (exact) mass is 685 g/mol. The van der Waals surface area contributed by atoms with Crippen molar-refractivity contribution in [3.8, 4) is 17.3 Å². The van der Waals surface area contributed by atoms with Crippen LogP contribution < -0.4 is 9.64 Å². The summed E-state index contributed by atoms with van der Waals surface area (Å²) in [5, 5.41) is 29.2. The molecular weight excluding hydrogens is 649 g/mol. The number of H-pyrrole nitrogens is 1. The molecule has 0 amide bonds. The second-order valence-electron chi connectivity index (χ2n) is 15.0. The van der Waals surface area contributed by atoms with Gasteiger partial charge in [0.2, 0.25) is 11.8 Å². The van der Waals surface area contributed by atoms with E-state index in [0.29, 0.717) is 83.8 Å². The highest BCUT2D eigenvalue weighted by molar-refractivity contribution is 6.33. The molecule has 254 valence electrons. The quantitative estimate of drug-likeness (QED) is 0.248. The van der Waals surface area contributed by atoms with Crippen molar-refractivity contribution in [2.24, 2.45) is 5.41 Å². The van der Waals surface area contributed by atoms with Crippen molar-refractivity contribution in [2.45, 2.75) is 81.8 Å². The molecule has 5 aromatic rings. The van der Waals surface area contributed by atoms with Crippen LogP contribution in [0.25, 0.3) is 33.1 Å². The van der Waals surface area contributed by atoms with Crippen LogP contribution in [0.5, 0.6) is 6.01 Å². The van der Waals surface area contributed by atoms with Gasteiger partial charge in [-0.15, -0.1) is 10.2 Å². The van der Waals surface area contributed by atoms with Crippen molar-refractivity contribution in [1.82, 2.24) is 40.2 Å². The summed E-state index contributed by atoms with van der Waals surface area (Å²) in [6.45, 7) is 3.99. The molecule has 2 N–H and O–H groups in total. The maximum atomic E-state index is 17.2. The third-order valence-corrected chi connectivity index (χ3v) is 12.3. The average molecular weight is 686 g/mol. The fourth-order valence-electron chi connectivity index (χ4n) is 9.75. The van der Waals surface area contributed by atoms with Crippen molar-refractivity contribution in [3.63, 3.8) is 0 Å². The number of nitrogens with one attached hydrogen (secondary N) is 1. The molecular formula is C35H37ClFN9O3. The third-order valence-electron chi connectivity index (χ3n) is 11.9. The first-order valence-corrected chi connectivity index (χ1v) is 17.9. The number of aliphatic hydroxyl groups is 1. The maximum absolute atomic E-state index is 17.2. The topological polar surface area (TPSA) is 142 Å². The first kappa shape index (κ1) is 29.9. The molecule has 10 heterocycles. The van der Waals surface area contributed by atoms with Crippen LogP contribution in [0.1, 0.15) is 75.1 Å². The molecule has 1 saturated carbocycles. The molecule has 9 bridgehead atoms. The summed E-state index contributed by atoms with van der Waals surface area (Å²) in [4.78, 5) is 19.3. The Morgan fingerprint density at radius 2 is 1.84 bits per heavy atom. The smallest absolute Gasteiger partial charge is 0.319 e. The summed E-state index contributed by atoms with van der Waals surface area (Å²) >= 11 is 6.90. The number of nitrogens with zero attached hydrogens (tertiary/aromatic N) is 8. The second kappa shape index (κ2) is 10.8. The highest BCUT2D eigenvalue weighted by Crippen LogP contribution is 2.58. The number of halogens is 2. The molecule has 12 nitrogen and oxygen atoms in total. The van der Waals surface area contributed by atoms with Gasteiger partial charge < -0.3 is 19.2 Å². The third kappa shape index (κ3) is 4.61. The van der Waals surface area contributed by atoms with Gasteiger partial charge in [0.25, 0.3) is 0 Å². The van der Waals surface area contributed by atoms with Gasteiger partial charge in [-0.3, -0.25) is 15.0 Å². The number of fused-ring (bicyclic) bond motifs is 2. The Kier molecular flexibility index (Phi) is 6.58. The fourth-order valence-corrected chi connectivity index (χ4v) is 10.1. The lowest BCUT2D eigenvalue weighted by molar-refractivity contribution is -0.154. The lowest BCUT2D eigenvalue weighted by Gasteiger charge is -2.55. The van der Waals surface area contributed by atoms with Gasteiger partial charge in [-0.25, -0.2) is 4.39 Å². The minimum absolute atomic E-state index is 0.0197. The van der Waals surface area contributed by atoms with Gasteiger partial charge in [0, 0.05) is 41.7 Å². The van der Waals surface area contributed by atoms with Crippen LogP contribution in [0, 0.1) is 11.2 Å². The number of aromatic amines is 1. The molecule has 1 aliphatic carbocycles. The Bertz CT molecular complexity index is 2120. The van der Waals surface area contributed by atoms with E-state index < -0.39 is 11.4 Å². The van der Waals surface area contributed by atoms with Crippen LogP contribution in [0.15, 0.2) is 22.9 Å². The molecule has 7 aliphatic rings. The van der Waals surface area contributed by atoms with Gasteiger partial charge in [0.1, 0.15) is 29.2 Å². The summed E-state index contributed by atoms with van der Waals surface area (Å²) in [5.74, 6) is 0.780. The molecule has 4 fully saturated rings. The number of pyridine rings is 1. The van der Waals surface area contributed by atoms with Gasteiger partial charge in [-0.05, 0) is 94.3 Å². The number of aromatic nitrogens is 7. The van der Waals surface area contributed by atoms with Gasteiger partial charge >= 0.3 is 6.01 Å². The minimum atomic E-state index is -1.18. The van der Waals surface area contributed by atoms with E-state index >= 15 is 4.39 Å². The molecule has 1 spiro atoms. The van der Waals surface area contributed by atoms with Crippen LogP contribution in [0.4, 0.5) is 10.2 Å². The fraction of sp³-hybridized carbons (Fsp3) is 0.543. The normalized spacial score (nSPS) is 26.1. The molecule has 6 aliphatic heterocycles. The summed E-state index contributed by atoms with van der Waals surface area (Å²) < 4.78 is 29.8. The highest BCUT2D eigenvalue weighted by atomic mass is 35.5. The number of benzene rings is 1. The number of hydrogen-bond donors (Lipinski definition) is 2. The van der Waals surface area contributed by atoms with E-state index in [4.69, 9.17) is 35.7 Å². The molecule has 49 heavy (non-hydrogen) atoms. The van der Waals surface area contributed by atoms with Crippen molar-refractivity contribution in [3.05, 3.63) is 46.6 Å². The number of ether oxygens (including phenoxy) is 1. The average Bonchev–Trinajstić information content (AvgIpc) is 3.89. The zero-order valence-corrected chi connectivity index (χ0v) is 27.9. The van der Waals surface area contributed by atoms with Gasteiger partial charge in [0.15, 0.2) is 5.82 Å². The predicted octanol–water partition coefficient (Wildman–Crippen LogP) is 5.51. The lowest BCUT2D eigenvalue weighted by atomic mass is 9.56. The summed E-state index contributed by atoms with van der Waals surface area (Å²) in [6.07, 6.45) is 12.2. The van der Waals surface area contributed by atoms with Crippen LogP contribution in [0.3, 0.4) is 0 Å². The van der Waals surface area contributed by atoms with E-state index in [1.807, 2.05) is 6.07 Å². The number of anilines is 1. The summed E-state index contributed by atoms with van der Waals surface area (Å²) in [5.41, 5.74) is 0.952. The molecule has 0 unspecified atom stereocenters. The zero-order valence-electron chi connectivity index (χ0n) is 27.1. The van der Waals surface area contributed by atoms with E-state index in [0.717, 1.165) is 63.7 Å². The molecule has 0 atom stereocenters. The van der Waals surface area contributed by atoms with E-state index in [1.165, 1.54) is 0 Å². The number of aryl methyl sites for hydroxylation is 1. The molecule has 4 aromatic heterocycles. The maximum Gasteiger partial charge on any atom is 0.319 e. The molecule has 0 radical (unpaired) electrons. The summed E-state index contributed by atoms with van der Waals surface area (Å²) in [6, 6.07) is 1.98. The van der Waals surface area contributed by atoms with Crippen LogP contribution >= 0.6 is 11.6 Å².